The number of hydrogen-bond acceptors (Lipinski definition) is 2. The second-order valence-corrected chi connectivity index (χ2v) is 5.29. The molecular formula is C17H21F2IN4. The van der Waals surface area contributed by atoms with Crippen molar-refractivity contribution in [3.63, 3.8) is 0 Å². The Morgan fingerprint density at radius 1 is 1.29 bits per heavy atom. The summed E-state index contributed by atoms with van der Waals surface area (Å²) in [5.41, 5.74) is 7.19. The molecule has 0 aliphatic carbocycles. The average Bonchev–Trinajstić information content (AvgIpc) is 2.53. The van der Waals surface area contributed by atoms with Crippen LogP contribution >= 0.6 is 24.0 Å². The van der Waals surface area contributed by atoms with Gasteiger partial charge >= 0.3 is 0 Å². The Kier molecular flexibility index (Phi) is 8.59. The lowest BCUT2D eigenvalue weighted by atomic mass is 10.0. The molecule has 7 heteroatoms. The number of halogens is 3. The lowest BCUT2D eigenvalue weighted by Crippen LogP contribution is -2.33. The van der Waals surface area contributed by atoms with Crippen LogP contribution in [0.4, 0.5) is 8.78 Å². The van der Waals surface area contributed by atoms with Gasteiger partial charge in [0, 0.05) is 43.4 Å². The van der Waals surface area contributed by atoms with Gasteiger partial charge in [0.25, 0.3) is 0 Å². The number of aliphatic imine (C=N–C) groups is 1. The highest BCUT2D eigenvalue weighted by molar-refractivity contribution is 14.0. The van der Waals surface area contributed by atoms with Gasteiger partial charge in [-0.25, -0.2) is 8.78 Å². The minimum atomic E-state index is -0.586. The van der Waals surface area contributed by atoms with E-state index in [-0.39, 0.29) is 29.9 Å². The van der Waals surface area contributed by atoms with Gasteiger partial charge in [-0.2, -0.15) is 0 Å². The fraction of sp³-hybridized carbons (Fsp3) is 0.294. The van der Waals surface area contributed by atoms with Crippen LogP contribution in [-0.4, -0.2) is 24.0 Å². The molecule has 0 fully saturated rings. The molecule has 0 radical (unpaired) electrons. The van der Waals surface area contributed by atoms with Gasteiger partial charge in [0.15, 0.2) is 5.96 Å². The minimum Gasteiger partial charge on any atom is -0.370 e. The van der Waals surface area contributed by atoms with E-state index in [1.54, 1.807) is 6.20 Å². The van der Waals surface area contributed by atoms with Gasteiger partial charge in [-0.05, 0) is 23.8 Å². The number of rotatable bonds is 6. The number of benzene rings is 1. The smallest absolute Gasteiger partial charge is 0.188 e. The summed E-state index contributed by atoms with van der Waals surface area (Å²) < 4.78 is 26.6. The number of pyridine rings is 1. The molecule has 0 aliphatic rings. The Balaban J connectivity index is 0.00000288. The van der Waals surface area contributed by atoms with Crippen LogP contribution in [0.1, 0.15) is 24.1 Å². The van der Waals surface area contributed by atoms with Crippen LogP contribution in [0.3, 0.4) is 0 Å². The summed E-state index contributed by atoms with van der Waals surface area (Å²) >= 11 is 0. The molecule has 2 rings (SSSR count). The van der Waals surface area contributed by atoms with Crippen molar-refractivity contribution in [3.8, 4) is 0 Å². The van der Waals surface area contributed by atoms with E-state index >= 15 is 0 Å². The molecular weight excluding hydrogens is 425 g/mol. The first-order valence-electron chi connectivity index (χ1n) is 7.45. The second kappa shape index (κ2) is 10.2. The van der Waals surface area contributed by atoms with E-state index in [1.807, 2.05) is 25.1 Å². The summed E-state index contributed by atoms with van der Waals surface area (Å²) in [6, 6.07) is 9.29. The van der Waals surface area contributed by atoms with Crippen LogP contribution in [-0.2, 0) is 6.42 Å². The molecule has 1 atom stereocenters. The van der Waals surface area contributed by atoms with E-state index in [2.05, 4.69) is 15.3 Å². The van der Waals surface area contributed by atoms with E-state index in [1.165, 1.54) is 12.1 Å². The molecule has 1 aromatic carbocycles. The number of nitrogens with zero attached hydrogens (tertiary/aromatic N) is 2. The topological polar surface area (TPSA) is 63.3 Å². The molecule has 24 heavy (non-hydrogen) atoms. The van der Waals surface area contributed by atoms with Crippen molar-refractivity contribution in [3.05, 3.63) is 65.5 Å². The molecule has 1 aromatic heterocycles. The van der Waals surface area contributed by atoms with Crippen LogP contribution in [0.5, 0.6) is 0 Å². The summed E-state index contributed by atoms with van der Waals surface area (Å²) in [6.07, 6.45) is 2.48. The average molecular weight is 446 g/mol. The van der Waals surface area contributed by atoms with Gasteiger partial charge in [0.2, 0.25) is 0 Å². The van der Waals surface area contributed by atoms with E-state index in [0.717, 1.165) is 18.2 Å². The number of nitrogens with two attached hydrogens (primary N) is 1. The highest BCUT2D eigenvalue weighted by Crippen LogP contribution is 2.19. The number of guanidine groups is 1. The van der Waals surface area contributed by atoms with Gasteiger partial charge < -0.3 is 11.1 Å². The van der Waals surface area contributed by atoms with Gasteiger partial charge in [-0.1, -0.05) is 19.1 Å². The Labute approximate surface area is 157 Å². The Hall–Kier alpha value is -1.77. The Morgan fingerprint density at radius 3 is 2.75 bits per heavy atom. The first-order chi connectivity index (χ1) is 11.1. The van der Waals surface area contributed by atoms with E-state index in [4.69, 9.17) is 5.73 Å². The van der Waals surface area contributed by atoms with Crippen LogP contribution in [0, 0.1) is 11.6 Å². The van der Waals surface area contributed by atoms with Crippen LogP contribution < -0.4 is 11.1 Å². The molecule has 0 saturated heterocycles. The van der Waals surface area contributed by atoms with Crippen molar-refractivity contribution < 1.29 is 8.78 Å². The summed E-state index contributed by atoms with van der Waals surface area (Å²) in [7, 11) is 0. The van der Waals surface area contributed by atoms with Gasteiger partial charge in [-0.15, -0.1) is 24.0 Å². The molecule has 0 saturated carbocycles. The van der Waals surface area contributed by atoms with E-state index in [0.29, 0.717) is 24.6 Å². The van der Waals surface area contributed by atoms with Crippen molar-refractivity contribution in [1.29, 1.82) is 0 Å². The molecule has 2 aromatic rings. The third-order valence-electron chi connectivity index (χ3n) is 3.44. The maximum absolute atomic E-state index is 13.7. The maximum Gasteiger partial charge on any atom is 0.188 e. The maximum atomic E-state index is 13.7. The number of hydrogen-bond donors (Lipinski definition) is 2. The monoisotopic (exact) mass is 446 g/mol. The van der Waals surface area contributed by atoms with Crippen molar-refractivity contribution in [2.45, 2.75) is 19.3 Å². The van der Waals surface area contributed by atoms with Crippen LogP contribution in [0.15, 0.2) is 47.6 Å². The zero-order valence-corrected chi connectivity index (χ0v) is 15.7. The van der Waals surface area contributed by atoms with Gasteiger partial charge in [0.05, 0.1) is 0 Å². The predicted molar refractivity (Wildman–Crippen MR) is 103 cm³/mol. The van der Waals surface area contributed by atoms with Gasteiger partial charge in [-0.3, -0.25) is 9.98 Å². The largest absolute Gasteiger partial charge is 0.370 e. The Morgan fingerprint density at radius 2 is 2.08 bits per heavy atom. The summed E-state index contributed by atoms with van der Waals surface area (Å²) in [5.74, 6) is -1.03. The van der Waals surface area contributed by atoms with Crippen molar-refractivity contribution in [1.82, 2.24) is 10.3 Å². The molecule has 1 unspecified atom stereocenters. The standard InChI is InChI=1S/C17H20F2N4.HI/c1-12(15-6-5-13(18)10-16(15)19)11-23-17(20)22-9-7-14-4-2-3-8-21-14;/h2-6,8,10,12H,7,9,11H2,1H3,(H3,20,22,23);1H. The molecule has 0 aliphatic heterocycles. The quantitative estimate of drug-likeness (QED) is 0.407. The lowest BCUT2D eigenvalue weighted by molar-refractivity contribution is 0.560. The lowest BCUT2D eigenvalue weighted by Gasteiger charge is -2.11. The SMILES string of the molecule is CC(CN=C(N)NCCc1ccccn1)c1ccc(F)cc1F.I. The van der Waals surface area contributed by atoms with E-state index in [9.17, 15) is 8.78 Å². The zero-order valence-electron chi connectivity index (χ0n) is 13.4. The molecule has 0 amide bonds. The molecule has 0 bridgehead atoms. The second-order valence-electron chi connectivity index (χ2n) is 5.29. The Bertz CT molecular complexity index is 665. The molecule has 3 N–H and O–H groups in total. The van der Waals surface area contributed by atoms with Gasteiger partial charge in [0.1, 0.15) is 11.6 Å². The molecule has 4 nitrogen and oxygen atoms in total. The summed E-state index contributed by atoms with van der Waals surface area (Å²) in [5, 5.41) is 3.00. The van der Waals surface area contributed by atoms with Crippen LogP contribution in [0.25, 0.3) is 0 Å². The fourth-order valence-electron chi connectivity index (χ4n) is 2.16. The van der Waals surface area contributed by atoms with Crippen molar-refractivity contribution >= 4 is 29.9 Å². The fourth-order valence-corrected chi connectivity index (χ4v) is 2.16. The summed E-state index contributed by atoms with van der Waals surface area (Å²) in [6.45, 7) is 2.76. The number of nitrogens with one attached hydrogen (secondary N) is 1. The predicted octanol–water partition coefficient (Wildman–Crippen LogP) is 3.23. The summed E-state index contributed by atoms with van der Waals surface area (Å²) in [4.78, 5) is 8.41. The van der Waals surface area contributed by atoms with Crippen molar-refractivity contribution in [2.24, 2.45) is 10.7 Å². The zero-order chi connectivity index (χ0) is 16.7. The number of aromatic nitrogens is 1. The highest BCUT2D eigenvalue weighted by Gasteiger charge is 2.11. The van der Waals surface area contributed by atoms with Crippen molar-refractivity contribution in [2.75, 3.05) is 13.1 Å². The van der Waals surface area contributed by atoms with Crippen LogP contribution in [0.2, 0.25) is 0 Å². The normalized spacial score (nSPS) is 12.4. The first-order valence-corrected chi connectivity index (χ1v) is 7.45. The first kappa shape index (κ1) is 20.3. The molecule has 130 valence electrons. The third kappa shape index (κ3) is 6.38. The minimum absolute atomic E-state index is 0. The van der Waals surface area contributed by atoms with E-state index < -0.39 is 11.6 Å². The third-order valence-corrected chi connectivity index (χ3v) is 3.44. The highest BCUT2D eigenvalue weighted by atomic mass is 127. The molecule has 0 spiro atoms. The molecule has 1 heterocycles.